The molecule has 0 aliphatic carbocycles. The monoisotopic (exact) mass is 312 g/mol. The summed E-state index contributed by atoms with van der Waals surface area (Å²) in [5.41, 5.74) is 2.66. The highest BCUT2D eigenvalue weighted by Crippen LogP contribution is 2.07. The van der Waals surface area contributed by atoms with E-state index in [1.807, 2.05) is 25.1 Å². The molecule has 23 heavy (non-hydrogen) atoms. The summed E-state index contributed by atoms with van der Waals surface area (Å²) in [4.78, 5) is 0. The van der Waals surface area contributed by atoms with Crippen LogP contribution < -0.4 is 0 Å². The van der Waals surface area contributed by atoms with Crippen LogP contribution >= 0.6 is 0 Å². The van der Waals surface area contributed by atoms with Crippen molar-refractivity contribution >= 4 is 12.4 Å². The van der Waals surface area contributed by atoms with Gasteiger partial charge in [0.2, 0.25) is 0 Å². The maximum Gasteiger partial charge on any atom is 0.159 e. The van der Waals surface area contributed by atoms with Gasteiger partial charge in [0.05, 0.1) is 12.4 Å². The van der Waals surface area contributed by atoms with E-state index in [2.05, 4.69) is 28.4 Å². The lowest BCUT2D eigenvalue weighted by atomic mass is 10.1. The first-order chi connectivity index (χ1) is 11.2. The number of aryl methyl sites for hydroxylation is 1. The lowest BCUT2D eigenvalue weighted by molar-refractivity contribution is 0.508. The number of halogens is 2. The van der Waals surface area contributed by atoms with Crippen molar-refractivity contribution in [1.29, 1.82) is 0 Å². The first-order valence-corrected chi connectivity index (χ1v) is 7.40. The third-order valence-electron chi connectivity index (χ3n) is 3.24. The van der Waals surface area contributed by atoms with Gasteiger partial charge in [0, 0.05) is 0 Å². The fourth-order valence-corrected chi connectivity index (χ4v) is 1.98. The second-order valence-corrected chi connectivity index (χ2v) is 5.01. The number of benzene rings is 2. The zero-order chi connectivity index (χ0) is 16.5. The van der Waals surface area contributed by atoms with Gasteiger partial charge in [-0.1, -0.05) is 42.5 Å². The first kappa shape index (κ1) is 16.7. The summed E-state index contributed by atoms with van der Waals surface area (Å²) >= 11 is 0. The highest BCUT2D eigenvalue weighted by atomic mass is 19.2. The SMILES string of the molecule is CC=CCCc1ccc(C=NN=Cc2ccc(F)c(F)c2)cc1. The molecule has 0 N–H and O–H groups in total. The average Bonchev–Trinajstić information content (AvgIpc) is 2.56. The van der Waals surface area contributed by atoms with E-state index in [-0.39, 0.29) is 0 Å². The van der Waals surface area contributed by atoms with Crippen molar-refractivity contribution < 1.29 is 8.78 Å². The Hall–Kier alpha value is -2.62. The molecular weight excluding hydrogens is 294 g/mol. The topological polar surface area (TPSA) is 24.7 Å². The van der Waals surface area contributed by atoms with Crippen molar-refractivity contribution in [3.63, 3.8) is 0 Å². The Labute approximate surface area is 134 Å². The van der Waals surface area contributed by atoms with E-state index in [1.165, 1.54) is 17.8 Å². The van der Waals surface area contributed by atoms with Gasteiger partial charge >= 0.3 is 0 Å². The molecule has 2 nitrogen and oxygen atoms in total. The molecular formula is C19H18F2N2. The lowest BCUT2D eigenvalue weighted by Gasteiger charge is -1.98. The van der Waals surface area contributed by atoms with Crippen LogP contribution in [-0.2, 0) is 6.42 Å². The minimum absolute atomic E-state index is 0.459. The molecule has 0 aliphatic heterocycles. The van der Waals surface area contributed by atoms with Crippen LogP contribution in [0.25, 0.3) is 0 Å². The Kier molecular flexibility index (Phi) is 6.36. The summed E-state index contributed by atoms with van der Waals surface area (Å²) in [7, 11) is 0. The van der Waals surface area contributed by atoms with Gasteiger partial charge in [-0.3, -0.25) is 0 Å². The van der Waals surface area contributed by atoms with Gasteiger partial charge in [-0.25, -0.2) is 8.78 Å². The van der Waals surface area contributed by atoms with Crippen molar-refractivity contribution in [1.82, 2.24) is 0 Å². The van der Waals surface area contributed by atoms with Crippen LogP contribution in [0.3, 0.4) is 0 Å². The minimum Gasteiger partial charge on any atom is -0.204 e. The molecule has 2 aromatic carbocycles. The van der Waals surface area contributed by atoms with Gasteiger partial charge in [0.1, 0.15) is 0 Å². The zero-order valence-electron chi connectivity index (χ0n) is 12.9. The smallest absolute Gasteiger partial charge is 0.159 e. The Bertz CT molecular complexity index is 717. The van der Waals surface area contributed by atoms with Crippen LogP contribution in [0.1, 0.15) is 30.0 Å². The van der Waals surface area contributed by atoms with E-state index >= 15 is 0 Å². The van der Waals surface area contributed by atoms with Crippen LogP contribution in [-0.4, -0.2) is 12.4 Å². The van der Waals surface area contributed by atoms with Crippen LogP contribution in [0.15, 0.2) is 64.8 Å². The molecule has 0 heterocycles. The van der Waals surface area contributed by atoms with Gasteiger partial charge in [0.15, 0.2) is 11.6 Å². The molecule has 0 aromatic heterocycles. The normalized spacial score (nSPS) is 12.0. The third-order valence-corrected chi connectivity index (χ3v) is 3.24. The summed E-state index contributed by atoms with van der Waals surface area (Å²) in [5, 5.41) is 7.75. The van der Waals surface area contributed by atoms with E-state index in [1.54, 1.807) is 6.21 Å². The second-order valence-electron chi connectivity index (χ2n) is 5.01. The van der Waals surface area contributed by atoms with E-state index in [9.17, 15) is 8.78 Å². The predicted molar refractivity (Wildman–Crippen MR) is 91.1 cm³/mol. The number of hydrogen-bond donors (Lipinski definition) is 0. The molecule has 0 atom stereocenters. The zero-order valence-corrected chi connectivity index (χ0v) is 12.9. The molecule has 0 saturated carbocycles. The Morgan fingerprint density at radius 3 is 2.17 bits per heavy atom. The second kappa shape index (κ2) is 8.73. The summed E-state index contributed by atoms with van der Waals surface area (Å²) in [6, 6.07) is 11.6. The largest absolute Gasteiger partial charge is 0.204 e. The van der Waals surface area contributed by atoms with Gasteiger partial charge in [0.25, 0.3) is 0 Å². The molecule has 0 spiro atoms. The van der Waals surface area contributed by atoms with Crippen molar-refractivity contribution in [2.75, 3.05) is 0 Å². The standard InChI is InChI=1S/C19H18F2N2/c1-2-3-4-5-15-6-8-16(9-7-15)13-22-23-14-17-10-11-18(20)19(21)12-17/h2-3,6-14H,4-5H2,1H3. The molecule has 0 saturated heterocycles. The van der Waals surface area contributed by atoms with Crippen molar-refractivity contribution in [3.05, 3.63) is 82.9 Å². The van der Waals surface area contributed by atoms with Crippen LogP contribution in [0, 0.1) is 11.6 Å². The fraction of sp³-hybridized carbons (Fsp3) is 0.158. The van der Waals surface area contributed by atoms with Gasteiger partial charge < -0.3 is 0 Å². The molecule has 0 amide bonds. The average molecular weight is 312 g/mol. The Balaban J connectivity index is 1.92. The van der Waals surface area contributed by atoms with Crippen molar-refractivity contribution in [2.24, 2.45) is 10.2 Å². The highest BCUT2D eigenvalue weighted by Gasteiger charge is 2.00. The van der Waals surface area contributed by atoms with Gasteiger partial charge in [-0.05, 0) is 48.6 Å². The van der Waals surface area contributed by atoms with E-state index in [0.717, 1.165) is 30.5 Å². The molecule has 0 aliphatic rings. The number of rotatable bonds is 6. The predicted octanol–water partition coefficient (Wildman–Crippen LogP) is 4.93. The molecule has 118 valence electrons. The molecule has 0 fully saturated rings. The number of nitrogens with zero attached hydrogens (tertiary/aromatic N) is 2. The maximum absolute atomic E-state index is 13.0. The van der Waals surface area contributed by atoms with E-state index < -0.39 is 11.6 Å². The number of allylic oxidation sites excluding steroid dienone is 2. The van der Waals surface area contributed by atoms with E-state index in [4.69, 9.17) is 0 Å². The molecule has 0 unspecified atom stereocenters. The third kappa shape index (κ3) is 5.58. The first-order valence-electron chi connectivity index (χ1n) is 7.40. The summed E-state index contributed by atoms with van der Waals surface area (Å²) < 4.78 is 25.8. The van der Waals surface area contributed by atoms with Crippen LogP contribution in [0.2, 0.25) is 0 Å². The lowest BCUT2D eigenvalue weighted by Crippen LogP contribution is -1.88. The Morgan fingerprint density at radius 1 is 0.870 bits per heavy atom. The van der Waals surface area contributed by atoms with Crippen molar-refractivity contribution in [2.45, 2.75) is 19.8 Å². The van der Waals surface area contributed by atoms with Gasteiger partial charge in [-0.2, -0.15) is 10.2 Å². The minimum atomic E-state index is -0.897. The summed E-state index contributed by atoms with van der Waals surface area (Å²) in [5.74, 6) is -1.77. The number of hydrogen-bond acceptors (Lipinski definition) is 2. The quantitative estimate of drug-likeness (QED) is 0.410. The fourth-order valence-electron chi connectivity index (χ4n) is 1.98. The molecule has 0 radical (unpaired) electrons. The highest BCUT2D eigenvalue weighted by molar-refractivity contribution is 5.82. The molecule has 2 aromatic rings. The maximum atomic E-state index is 13.0. The Morgan fingerprint density at radius 2 is 1.52 bits per heavy atom. The molecule has 0 bridgehead atoms. The molecule has 2 rings (SSSR count). The summed E-state index contributed by atoms with van der Waals surface area (Å²) in [6.45, 7) is 2.01. The van der Waals surface area contributed by atoms with Crippen LogP contribution in [0.5, 0.6) is 0 Å². The van der Waals surface area contributed by atoms with E-state index in [0.29, 0.717) is 5.56 Å². The summed E-state index contributed by atoms with van der Waals surface area (Å²) in [6.07, 6.45) is 9.23. The van der Waals surface area contributed by atoms with Crippen molar-refractivity contribution in [3.8, 4) is 0 Å². The molecule has 4 heteroatoms. The van der Waals surface area contributed by atoms with Gasteiger partial charge in [-0.15, -0.1) is 0 Å². The van der Waals surface area contributed by atoms with Crippen LogP contribution in [0.4, 0.5) is 8.78 Å².